The molecule has 0 saturated heterocycles. The first-order valence-electron chi connectivity index (χ1n) is 5.30. The fourth-order valence-electron chi connectivity index (χ4n) is 1.84. The molecule has 0 aromatic heterocycles. The van der Waals surface area contributed by atoms with Crippen LogP contribution in [0, 0.1) is 0 Å². The maximum atomic E-state index is 11.3. The molecule has 3 nitrogen and oxygen atoms in total. The van der Waals surface area contributed by atoms with Gasteiger partial charge >= 0.3 is 0 Å². The lowest BCUT2D eigenvalue weighted by molar-refractivity contribution is -0.120. The second kappa shape index (κ2) is 4.45. The lowest BCUT2D eigenvalue weighted by Crippen LogP contribution is -2.34. The normalized spacial score (nSPS) is 23.5. The molecular weight excluding hydrogens is 188 g/mol. The largest absolute Gasteiger partial charge is 0.352 e. The van der Waals surface area contributed by atoms with E-state index < -0.39 is 0 Å². The zero-order valence-electron chi connectivity index (χ0n) is 8.86. The molecule has 0 spiro atoms. The molecule has 2 unspecified atom stereocenters. The number of amides is 1. The second-order valence-electron chi connectivity index (χ2n) is 3.96. The Morgan fingerprint density at radius 2 is 2.13 bits per heavy atom. The lowest BCUT2D eigenvalue weighted by Gasteiger charge is -2.03. The lowest BCUT2D eigenvalue weighted by atomic mass is 10.1. The molecule has 1 saturated carbocycles. The summed E-state index contributed by atoms with van der Waals surface area (Å²) >= 11 is 0. The van der Waals surface area contributed by atoms with Gasteiger partial charge in [0.25, 0.3) is 0 Å². The van der Waals surface area contributed by atoms with Crippen LogP contribution in [0.3, 0.4) is 0 Å². The van der Waals surface area contributed by atoms with Crippen LogP contribution in [0.2, 0.25) is 0 Å². The van der Waals surface area contributed by atoms with Crippen molar-refractivity contribution in [2.45, 2.75) is 18.4 Å². The van der Waals surface area contributed by atoms with E-state index in [2.05, 4.69) is 22.8 Å². The Kier molecular flexibility index (Phi) is 3.02. The molecule has 1 amide bonds. The van der Waals surface area contributed by atoms with Crippen LogP contribution in [0.1, 0.15) is 17.9 Å². The van der Waals surface area contributed by atoms with E-state index >= 15 is 0 Å². The highest BCUT2D eigenvalue weighted by molar-refractivity contribution is 5.78. The van der Waals surface area contributed by atoms with Gasteiger partial charge in [-0.15, -0.1) is 0 Å². The summed E-state index contributed by atoms with van der Waals surface area (Å²) in [4.78, 5) is 11.3. The first kappa shape index (κ1) is 10.2. The first-order chi connectivity index (χ1) is 7.31. The highest BCUT2D eigenvalue weighted by Crippen LogP contribution is 2.40. The molecule has 0 aliphatic heterocycles. The predicted octanol–water partition coefficient (Wildman–Crippen LogP) is 0.878. The zero-order valence-corrected chi connectivity index (χ0v) is 8.86. The standard InChI is InChI=1S/C12H16N2O/c1-13-8-12(15)14-11-7-10(11)9-5-3-2-4-6-9/h2-6,10-11,13H,7-8H2,1H3,(H,14,15). The first-order valence-corrected chi connectivity index (χ1v) is 5.30. The van der Waals surface area contributed by atoms with Gasteiger partial charge in [0, 0.05) is 12.0 Å². The Morgan fingerprint density at radius 3 is 2.80 bits per heavy atom. The number of carbonyl (C=O) groups excluding carboxylic acids is 1. The molecule has 3 heteroatoms. The van der Waals surface area contributed by atoms with Gasteiger partial charge in [0.15, 0.2) is 0 Å². The number of nitrogens with one attached hydrogen (secondary N) is 2. The van der Waals surface area contributed by atoms with Crippen LogP contribution in [0.4, 0.5) is 0 Å². The van der Waals surface area contributed by atoms with Crippen molar-refractivity contribution in [1.29, 1.82) is 0 Å². The molecule has 0 heterocycles. The highest BCUT2D eigenvalue weighted by Gasteiger charge is 2.38. The van der Waals surface area contributed by atoms with Crippen LogP contribution in [0.25, 0.3) is 0 Å². The number of carbonyl (C=O) groups is 1. The fraction of sp³-hybridized carbons (Fsp3) is 0.417. The topological polar surface area (TPSA) is 41.1 Å². The van der Waals surface area contributed by atoms with Gasteiger partial charge in [0.2, 0.25) is 5.91 Å². The van der Waals surface area contributed by atoms with Crippen molar-refractivity contribution in [3.05, 3.63) is 35.9 Å². The molecule has 1 aromatic rings. The summed E-state index contributed by atoms with van der Waals surface area (Å²) in [5.41, 5.74) is 1.33. The van der Waals surface area contributed by atoms with Crippen LogP contribution >= 0.6 is 0 Å². The summed E-state index contributed by atoms with van der Waals surface area (Å²) in [6.45, 7) is 0.401. The minimum Gasteiger partial charge on any atom is -0.352 e. The summed E-state index contributed by atoms with van der Waals surface area (Å²) in [7, 11) is 1.78. The van der Waals surface area contributed by atoms with Crippen LogP contribution in [-0.4, -0.2) is 25.5 Å². The summed E-state index contributed by atoms with van der Waals surface area (Å²) in [6.07, 6.45) is 1.07. The summed E-state index contributed by atoms with van der Waals surface area (Å²) in [5, 5.41) is 5.85. The minimum absolute atomic E-state index is 0.0842. The molecule has 1 fully saturated rings. The third-order valence-electron chi connectivity index (χ3n) is 2.70. The van der Waals surface area contributed by atoms with Crippen LogP contribution in [-0.2, 0) is 4.79 Å². The molecule has 0 bridgehead atoms. The van der Waals surface area contributed by atoms with Crippen LogP contribution in [0.15, 0.2) is 30.3 Å². The number of hydrogen-bond donors (Lipinski definition) is 2. The van der Waals surface area contributed by atoms with Crippen molar-refractivity contribution in [2.24, 2.45) is 0 Å². The van der Waals surface area contributed by atoms with Gasteiger partial charge in [-0.2, -0.15) is 0 Å². The van der Waals surface area contributed by atoms with E-state index in [1.807, 2.05) is 18.2 Å². The van der Waals surface area contributed by atoms with Gasteiger partial charge in [-0.05, 0) is 19.0 Å². The maximum Gasteiger partial charge on any atom is 0.234 e. The summed E-state index contributed by atoms with van der Waals surface area (Å²) in [5.74, 6) is 0.605. The Bertz CT molecular complexity index is 337. The average Bonchev–Trinajstić information content (AvgIpc) is 2.99. The predicted molar refractivity (Wildman–Crippen MR) is 59.7 cm³/mol. The van der Waals surface area contributed by atoms with E-state index in [0.717, 1.165) is 6.42 Å². The van der Waals surface area contributed by atoms with Crippen molar-refractivity contribution in [1.82, 2.24) is 10.6 Å². The average molecular weight is 204 g/mol. The number of rotatable bonds is 4. The molecule has 1 aliphatic rings. The summed E-state index contributed by atoms with van der Waals surface area (Å²) < 4.78 is 0. The van der Waals surface area contributed by atoms with Crippen LogP contribution in [0.5, 0.6) is 0 Å². The van der Waals surface area contributed by atoms with Gasteiger partial charge in [-0.25, -0.2) is 0 Å². The zero-order chi connectivity index (χ0) is 10.7. The molecule has 2 atom stereocenters. The molecule has 2 N–H and O–H groups in total. The monoisotopic (exact) mass is 204 g/mol. The van der Waals surface area contributed by atoms with Gasteiger partial charge in [0.05, 0.1) is 6.54 Å². The maximum absolute atomic E-state index is 11.3. The van der Waals surface area contributed by atoms with Gasteiger partial charge < -0.3 is 10.6 Å². The van der Waals surface area contributed by atoms with E-state index in [9.17, 15) is 4.79 Å². The smallest absolute Gasteiger partial charge is 0.234 e. The SMILES string of the molecule is CNCC(=O)NC1CC1c1ccccc1. The Morgan fingerprint density at radius 1 is 1.40 bits per heavy atom. The second-order valence-corrected chi connectivity index (χ2v) is 3.96. The van der Waals surface area contributed by atoms with Crippen molar-refractivity contribution in [3.63, 3.8) is 0 Å². The van der Waals surface area contributed by atoms with E-state index in [0.29, 0.717) is 18.5 Å². The molecule has 0 radical (unpaired) electrons. The summed E-state index contributed by atoms with van der Waals surface area (Å²) in [6, 6.07) is 10.7. The number of likely N-dealkylation sites (N-methyl/N-ethyl adjacent to an activating group) is 1. The van der Waals surface area contributed by atoms with Crippen molar-refractivity contribution < 1.29 is 4.79 Å². The third-order valence-corrected chi connectivity index (χ3v) is 2.70. The molecule has 80 valence electrons. The molecule has 1 aliphatic carbocycles. The molecular formula is C12H16N2O. The minimum atomic E-state index is 0.0842. The van der Waals surface area contributed by atoms with E-state index in [-0.39, 0.29) is 5.91 Å². The van der Waals surface area contributed by atoms with E-state index in [4.69, 9.17) is 0 Å². The number of hydrogen-bond acceptors (Lipinski definition) is 2. The van der Waals surface area contributed by atoms with Crippen molar-refractivity contribution >= 4 is 5.91 Å². The third kappa shape index (κ3) is 2.57. The van der Waals surface area contributed by atoms with Gasteiger partial charge in [-0.3, -0.25) is 4.79 Å². The van der Waals surface area contributed by atoms with Crippen LogP contribution < -0.4 is 10.6 Å². The quantitative estimate of drug-likeness (QED) is 0.764. The van der Waals surface area contributed by atoms with E-state index in [1.165, 1.54) is 5.56 Å². The fourth-order valence-corrected chi connectivity index (χ4v) is 1.84. The van der Waals surface area contributed by atoms with E-state index in [1.54, 1.807) is 7.05 Å². The number of benzene rings is 1. The molecule has 2 rings (SSSR count). The Labute approximate surface area is 89.9 Å². The molecule has 15 heavy (non-hydrogen) atoms. The Balaban J connectivity index is 1.84. The van der Waals surface area contributed by atoms with Crippen molar-refractivity contribution in [3.8, 4) is 0 Å². The van der Waals surface area contributed by atoms with Gasteiger partial charge in [-0.1, -0.05) is 30.3 Å². The highest BCUT2D eigenvalue weighted by atomic mass is 16.2. The van der Waals surface area contributed by atoms with Crippen molar-refractivity contribution in [2.75, 3.05) is 13.6 Å². The Hall–Kier alpha value is -1.35. The van der Waals surface area contributed by atoms with Gasteiger partial charge in [0.1, 0.15) is 0 Å². The molecule has 1 aromatic carbocycles.